The molecule has 1 aromatic heterocycles. The first kappa shape index (κ1) is 16.0. The molecule has 1 aliphatic heterocycles. The maximum atomic E-state index is 11.3. The van der Waals surface area contributed by atoms with Crippen LogP contribution in [0.5, 0.6) is 11.5 Å². The van der Waals surface area contributed by atoms with Crippen LogP contribution in [0.2, 0.25) is 0 Å². The van der Waals surface area contributed by atoms with Crippen molar-refractivity contribution in [3.63, 3.8) is 0 Å². The third kappa shape index (κ3) is 2.84. The number of anilines is 1. The van der Waals surface area contributed by atoms with Crippen molar-refractivity contribution in [2.24, 2.45) is 0 Å². The molecule has 3 rings (SSSR count). The Morgan fingerprint density at radius 3 is 2.83 bits per heavy atom. The summed E-state index contributed by atoms with van der Waals surface area (Å²) >= 11 is 0. The molecule has 1 fully saturated rings. The van der Waals surface area contributed by atoms with Crippen LogP contribution in [0.15, 0.2) is 36.5 Å². The van der Waals surface area contributed by atoms with Crippen molar-refractivity contribution in [3.8, 4) is 11.5 Å². The van der Waals surface area contributed by atoms with E-state index in [9.17, 15) is 10.1 Å². The number of aromatic nitrogens is 1. The van der Waals surface area contributed by atoms with Gasteiger partial charge in [0.2, 0.25) is 5.82 Å². The van der Waals surface area contributed by atoms with Crippen molar-refractivity contribution < 1.29 is 14.4 Å². The summed E-state index contributed by atoms with van der Waals surface area (Å²) < 4.78 is 10.7. The topological polar surface area (TPSA) is 77.7 Å². The fraction of sp³-hybridized carbons (Fsp3) is 0.353. The van der Waals surface area contributed by atoms with E-state index in [1.54, 1.807) is 26.5 Å². The standard InChI is InChI=1S/C17H19N3O4/c1-23-12-7-8-13(16(11-12)24-2)14-6-4-10-19(14)17-15(20(21)22)5-3-9-18-17/h3,5,7-9,11,14H,4,6,10H2,1-2H3/t14-/m0/s1. The summed E-state index contributed by atoms with van der Waals surface area (Å²) in [6.45, 7) is 0.720. The van der Waals surface area contributed by atoms with Crippen LogP contribution < -0.4 is 14.4 Å². The van der Waals surface area contributed by atoms with Gasteiger partial charge in [-0.1, -0.05) is 0 Å². The quantitative estimate of drug-likeness (QED) is 0.618. The van der Waals surface area contributed by atoms with Gasteiger partial charge >= 0.3 is 5.69 Å². The molecule has 0 aliphatic carbocycles. The third-order valence-electron chi connectivity index (χ3n) is 4.29. The number of nitrogens with zero attached hydrogens (tertiary/aromatic N) is 3. The maximum absolute atomic E-state index is 11.3. The van der Waals surface area contributed by atoms with Crippen LogP contribution in [0.1, 0.15) is 24.4 Å². The second kappa shape index (κ2) is 6.74. The molecule has 0 radical (unpaired) electrons. The summed E-state index contributed by atoms with van der Waals surface area (Å²) in [7, 11) is 3.22. The molecule has 0 amide bonds. The predicted molar refractivity (Wildman–Crippen MR) is 89.8 cm³/mol. The van der Waals surface area contributed by atoms with Crippen LogP contribution in [0.3, 0.4) is 0 Å². The summed E-state index contributed by atoms with van der Waals surface area (Å²) in [6, 6.07) is 8.72. The van der Waals surface area contributed by atoms with Crippen LogP contribution in [0.4, 0.5) is 11.5 Å². The van der Waals surface area contributed by atoms with Crippen molar-refractivity contribution in [3.05, 3.63) is 52.2 Å². The summed E-state index contributed by atoms with van der Waals surface area (Å²) in [5, 5.41) is 11.3. The van der Waals surface area contributed by atoms with Crippen molar-refractivity contribution in [1.82, 2.24) is 4.98 Å². The zero-order valence-electron chi connectivity index (χ0n) is 13.6. The first-order valence-corrected chi connectivity index (χ1v) is 7.73. The van der Waals surface area contributed by atoms with Crippen LogP contribution >= 0.6 is 0 Å². The molecule has 1 aromatic carbocycles. The second-order valence-corrected chi connectivity index (χ2v) is 5.56. The molecule has 2 heterocycles. The molecule has 1 saturated heterocycles. The minimum Gasteiger partial charge on any atom is -0.497 e. The number of pyridine rings is 1. The average molecular weight is 329 g/mol. The molecule has 24 heavy (non-hydrogen) atoms. The van der Waals surface area contributed by atoms with Gasteiger partial charge in [-0.25, -0.2) is 4.98 Å². The van der Waals surface area contributed by atoms with Gasteiger partial charge in [-0.15, -0.1) is 0 Å². The lowest BCUT2D eigenvalue weighted by atomic mass is 10.0. The summed E-state index contributed by atoms with van der Waals surface area (Å²) in [6.07, 6.45) is 3.41. The number of benzene rings is 1. The smallest absolute Gasteiger partial charge is 0.311 e. The lowest BCUT2D eigenvalue weighted by Gasteiger charge is -2.27. The van der Waals surface area contributed by atoms with Gasteiger partial charge in [-0.3, -0.25) is 10.1 Å². The Hall–Kier alpha value is -2.83. The molecule has 1 aliphatic rings. The van der Waals surface area contributed by atoms with E-state index in [4.69, 9.17) is 9.47 Å². The SMILES string of the molecule is COc1ccc([C@@H]2CCCN2c2ncccc2[N+](=O)[O-])c(OC)c1. The Balaban J connectivity index is 2.02. The highest BCUT2D eigenvalue weighted by atomic mass is 16.6. The Labute approximate surface area is 140 Å². The summed E-state index contributed by atoms with van der Waals surface area (Å²) in [4.78, 5) is 17.2. The summed E-state index contributed by atoms with van der Waals surface area (Å²) in [5.41, 5.74) is 1.01. The van der Waals surface area contributed by atoms with E-state index in [0.29, 0.717) is 17.3 Å². The highest BCUT2D eigenvalue weighted by Crippen LogP contribution is 2.42. The van der Waals surface area contributed by atoms with Crippen molar-refractivity contribution in [2.75, 3.05) is 25.7 Å². The third-order valence-corrected chi connectivity index (χ3v) is 4.29. The molecule has 0 bridgehead atoms. The largest absolute Gasteiger partial charge is 0.497 e. The first-order chi connectivity index (χ1) is 11.7. The van der Waals surface area contributed by atoms with Crippen LogP contribution in [0, 0.1) is 10.1 Å². The second-order valence-electron chi connectivity index (χ2n) is 5.56. The van der Waals surface area contributed by atoms with Gasteiger partial charge < -0.3 is 14.4 Å². The monoisotopic (exact) mass is 329 g/mol. The van der Waals surface area contributed by atoms with E-state index < -0.39 is 0 Å². The normalized spacial score (nSPS) is 16.9. The molecule has 7 nitrogen and oxygen atoms in total. The molecule has 0 spiro atoms. The van der Waals surface area contributed by atoms with Crippen LogP contribution in [0.25, 0.3) is 0 Å². The van der Waals surface area contributed by atoms with Crippen LogP contribution in [-0.4, -0.2) is 30.7 Å². The van der Waals surface area contributed by atoms with Gasteiger partial charge in [-0.05, 0) is 31.0 Å². The molecule has 7 heteroatoms. The molecular weight excluding hydrogens is 310 g/mol. The maximum Gasteiger partial charge on any atom is 0.311 e. The van der Waals surface area contributed by atoms with Gasteiger partial charge in [0.15, 0.2) is 0 Å². The minimum atomic E-state index is -0.386. The van der Waals surface area contributed by atoms with E-state index in [1.807, 2.05) is 23.1 Å². The number of ether oxygens (including phenoxy) is 2. The number of methoxy groups -OCH3 is 2. The van der Waals surface area contributed by atoms with Crippen molar-refractivity contribution in [1.29, 1.82) is 0 Å². The minimum absolute atomic E-state index is 0.0144. The number of rotatable bonds is 5. The molecule has 0 N–H and O–H groups in total. The van der Waals surface area contributed by atoms with Gasteiger partial charge in [0, 0.05) is 30.4 Å². The molecule has 0 saturated carbocycles. The number of hydrogen-bond acceptors (Lipinski definition) is 6. The Morgan fingerprint density at radius 2 is 2.12 bits per heavy atom. The zero-order chi connectivity index (χ0) is 17.1. The molecular formula is C17H19N3O4. The molecule has 0 unspecified atom stereocenters. The summed E-state index contributed by atoms with van der Waals surface area (Å²) in [5.74, 6) is 1.83. The lowest BCUT2D eigenvalue weighted by Crippen LogP contribution is -2.24. The average Bonchev–Trinajstić information content (AvgIpc) is 3.10. The fourth-order valence-electron chi connectivity index (χ4n) is 3.19. The van der Waals surface area contributed by atoms with E-state index >= 15 is 0 Å². The lowest BCUT2D eigenvalue weighted by molar-refractivity contribution is -0.384. The first-order valence-electron chi connectivity index (χ1n) is 7.73. The number of nitro groups is 1. The van der Waals surface area contributed by atoms with Crippen molar-refractivity contribution >= 4 is 11.5 Å². The Kier molecular flexibility index (Phi) is 4.50. The van der Waals surface area contributed by atoms with Gasteiger partial charge in [0.25, 0.3) is 0 Å². The Morgan fingerprint density at radius 1 is 1.29 bits per heavy atom. The fourth-order valence-corrected chi connectivity index (χ4v) is 3.19. The highest BCUT2D eigenvalue weighted by molar-refractivity contribution is 5.60. The predicted octanol–water partition coefficient (Wildman–Crippen LogP) is 3.35. The van der Waals surface area contributed by atoms with E-state index in [0.717, 1.165) is 24.9 Å². The van der Waals surface area contributed by atoms with Crippen LogP contribution in [-0.2, 0) is 0 Å². The van der Waals surface area contributed by atoms with Gasteiger partial charge in [0.05, 0.1) is 25.2 Å². The molecule has 1 atom stereocenters. The van der Waals surface area contributed by atoms with Crippen molar-refractivity contribution in [2.45, 2.75) is 18.9 Å². The van der Waals surface area contributed by atoms with E-state index in [1.165, 1.54) is 6.07 Å². The zero-order valence-corrected chi connectivity index (χ0v) is 13.6. The number of hydrogen-bond donors (Lipinski definition) is 0. The van der Waals surface area contributed by atoms with E-state index in [2.05, 4.69) is 4.98 Å². The van der Waals surface area contributed by atoms with Gasteiger partial charge in [-0.2, -0.15) is 0 Å². The molecule has 2 aromatic rings. The molecule has 126 valence electrons. The van der Waals surface area contributed by atoms with Gasteiger partial charge in [0.1, 0.15) is 11.5 Å². The highest BCUT2D eigenvalue weighted by Gasteiger charge is 2.33. The Bertz CT molecular complexity index is 750. The van der Waals surface area contributed by atoms with E-state index in [-0.39, 0.29) is 16.7 Å².